The summed E-state index contributed by atoms with van der Waals surface area (Å²) in [6.07, 6.45) is 0.718. The molecule has 0 spiro atoms. The van der Waals surface area contributed by atoms with Crippen LogP contribution in [0.25, 0.3) is 0 Å². The highest BCUT2D eigenvalue weighted by Gasteiger charge is 2.13. The maximum Gasteiger partial charge on any atom is 0.0628 e. The van der Waals surface area contributed by atoms with Crippen LogP contribution < -0.4 is 0 Å². The van der Waals surface area contributed by atoms with Crippen molar-refractivity contribution in [2.45, 2.75) is 18.7 Å². The average Bonchev–Trinajstić information content (AvgIpc) is 2.36. The summed E-state index contributed by atoms with van der Waals surface area (Å²) < 4.78 is 1.04. The second kappa shape index (κ2) is 6.49. The van der Waals surface area contributed by atoms with Crippen molar-refractivity contribution >= 4 is 50.7 Å². The van der Waals surface area contributed by atoms with Crippen molar-refractivity contribution in [3.05, 3.63) is 67.6 Å². The Morgan fingerprint density at radius 1 is 1.05 bits per heavy atom. The molecule has 0 aromatic heterocycles. The van der Waals surface area contributed by atoms with Crippen LogP contribution in [-0.2, 0) is 6.42 Å². The molecule has 0 N–H and O–H groups in total. The first-order valence-corrected chi connectivity index (χ1v) is 7.80. The molecule has 0 radical (unpaired) electrons. The van der Waals surface area contributed by atoms with Crippen molar-refractivity contribution in [2.75, 3.05) is 0 Å². The van der Waals surface area contributed by atoms with Crippen molar-refractivity contribution in [3.8, 4) is 0 Å². The van der Waals surface area contributed by atoms with Gasteiger partial charge in [0.25, 0.3) is 0 Å². The Kier molecular flexibility index (Phi) is 5.19. The third-order valence-electron chi connectivity index (χ3n) is 2.98. The maximum atomic E-state index is 6.51. The first-order valence-electron chi connectivity index (χ1n) is 5.81. The summed E-state index contributed by atoms with van der Waals surface area (Å²) in [6, 6.07) is 11.8. The highest BCUT2D eigenvalue weighted by molar-refractivity contribution is 9.10. The average molecular weight is 379 g/mol. The second-order valence-electron chi connectivity index (χ2n) is 4.42. The van der Waals surface area contributed by atoms with Crippen LogP contribution in [0.15, 0.2) is 40.9 Å². The fourth-order valence-corrected chi connectivity index (χ4v) is 3.05. The van der Waals surface area contributed by atoms with Gasteiger partial charge in [-0.1, -0.05) is 51.3 Å². The molecule has 0 amide bonds. The summed E-state index contributed by atoms with van der Waals surface area (Å²) in [7, 11) is 0. The van der Waals surface area contributed by atoms with Crippen LogP contribution in [0, 0.1) is 6.92 Å². The first-order chi connectivity index (χ1) is 8.97. The van der Waals surface area contributed by atoms with E-state index in [1.165, 1.54) is 5.56 Å². The molecule has 2 aromatic rings. The van der Waals surface area contributed by atoms with Crippen LogP contribution in [0.5, 0.6) is 0 Å². The highest BCUT2D eigenvalue weighted by atomic mass is 79.9. The predicted molar refractivity (Wildman–Crippen MR) is 87.6 cm³/mol. The number of rotatable bonds is 3. The van der Waals surface area contributed by atoms with E-state index in [0.29, 0.717) is 10.0 Å². The number of hydrogen-bond donors (Lipinski definition) is 0. The van der Waals surface area contributed by atoms with Gasteiger partial charge in [-0.3, -0.25) is 0 Å². The van der Waals surface area contributed by atoms with Gasteiger partial charge < -0.3 is 0 Å². The lowest BCUT2D eigenvalue weighted by molar-refractivity contribution is 0.909. The summed E-state index contributed by atoms with van der Waals surface area (Å²) in [5.74, 6) is 0. The molecule has 1 atom stereocenters. The zero-order valence-electron chi connectivity index (χ0n) is 10.3. The van der Waals surface area contributed by atoms with E-state index in [2.05, 4.69) is 35.0 Å². The maximum absolute atomic E-state index is 6.51. The van der Waals surface area contributed by atoms with Gasteiger partial charge in [0.05, 0.1) is 15.4 Å². The van der Waals surface area contributed by atoms with Crippen LogP contribution in [-0.4, -0.2) is 0 Å². The van der Waals surface area contributed by atoms with Crippen molar-refractivity contribution in [2.24, 2.45) is 0 Å². The molecule has 0 heterocycles. The molecule has 0 saturated carbocycles. The molecule has 100 valence electrons. The molecule has 0 nitrogen and oxygen atoms in total. The molecule has 0 saturated heterocycles. The molecule has 1 unspecified atom stereocenters. The molecule has 0 fully saturated rings. The lowest BCUT2D eigenvalue weighted by atomic mass is 10.0. The summed E-state index contributed by atoms with van der Waals surface area (Å²) in [5.41, 5.74) is 3.39. The van der Waals surface area contributed by atoms with Gasteiger partial charge in [-0.15, -0.1) is 11.6 Å². The molecule has 0 aliphatic carbocycles. The molecule has 0 aliphatic rings. The van der Waals surface area contributed by atoms with E-state index in [-0.39, 0.29) is 5.38 Å². The van der Waals surface area contributed by atoms with Crippen molar-refractivity contribution in [1.82, 2.24) is 0 Å². The van der Waals surface area contributed by atoms with Gasteiger partial charge in [0.15, 0.2) is 0 Å². The van der Waals surface area contributed by atoms with Crippen molar-refractivity contribution < 1.29 is 0 Å². The fourth-order valence-electron chi connectivity index (χ4n) is 1.93. The second-order valence-corrected chi connectivity index (χ2v) is 6.68. The minimum Gasteiger partial charge on any atom is -0.117 e. The minimum absolute atomic E-state index is 0.0882. The standard InChI is InChI=1S/C15H12BrCl3/c1-9-2-4-11(16)8-12(9)14(18)6-10-3-5-13(17)15(19)7-10/h2-5,7-8,14H,6H2,1H3. The quantitative estimate of drug-likeness (QED) is 0.529. The van der Waals surface area contributed by atoms with E-state index in [4.69, 9.17) is 34.8 Å². The smallest absolute Gasteiger partial charge is 0.0628 e. The van der Waals surface area contributed by atoms with E-state index in [0.717, 1.165) is 22.0 Å². The van der Waals surface area contributed by atoms with Gasteiger partial charge in [-0.2, -0.15) is 0 Å². The molecular formula is C15H12BrCl3. The zero-order valence-corrected chi connectivity index (χ0v) is 14.1. The van der Waals surface area contributed by atoms with Crippen LogP contribution in [0.1, 0.15) is 22.1 Å². The molecule has 2 rings (SSSR count). The minimum atomic E-state index is -0.0882. The molecule has 2 aromatic carbocycles. The van der Waals surface area contributed by atoms with E-state index in [1.54, 1.807) is 6.07 Å². The fraction of sp³-hybridized carbons (Fsp3) is 0.200. The number of halogens is 4. The van der Waals surface area contributed by atoms with Crippen LogP contribution in [0.2, 0.25) is 10.0 Å². The van der Waals surface area contributed by atoms with Gasteiger partial charge in [-0.25, -0.2) is 0 Å². The third kappa shape index (κ3) is 3.88. The zero-order chi connectivity index (χ0) is 14.0. The Balaban J connectivity index is 2.22. The van der Waals surface area contributed by atoms with Crippen LogP contribution in [0.3, 0.4) is 0 Å². The lowest BCUT2D eigenvalue weighted by Crippen LogP contribution is -1.98. The Morgan fingerprint density at radius 2 is 1.79 bits per heavy atom. The molecular weight excluding hydrogens is 366 g/mol. The first kappa shape index (κ1) is 15.2. The highest BCUT2D eigenvalue weighted by Crippen LogP contribution is 2.31. The Morgan fingerprint density at radius 3 is 2.47 bits per heavy atom. The largest absolute Gasteiger partial charge is 0.117 e. The number of aryl methyl sites for hydroxylation is 1. The predicted octanol–water partition coefficient (Wildman–Crippen LogP) is 6.59. The SMILES string of the molecule is Cc1ccc(Br)cc1C(Cl)Cc1ccc(Cl)c(Cl)c1. The van der Waals surface area contributed by atoms with Gasteiger partial charge >= 0.3 is 0 Å². The third-order valence-corrected chi connectivity index (χ3v) is 4.60. The van der Waals surface area contributed by atoms with Crippen LogP contribution in [0.4, 0.5) is 0 Å². The van der Waals surface area contributed by atoms with Crippen molar-refractivity contribution in [1.29, 1.82) is 0 Å². The molecule has 19 heavy (non-hydrogen) atoms. The van der Waals surface area contributed by atoms with Gasteiger partial charge in [0.2, 0.25) is 0 Å². The van der Waals surface area contributed by atoms with E-state index in [1.807, 2.05) is 18.2 Å². The number of alkyl halides is 1. The molecule has 0 bridgehead atoms. The monoisotopic (exact) mass is 376 g/mol. The summed E-state index contributed by atoms with van der Waals surface area (Å²) in [4.78, 5) is 0. The van der Waals surface area contributed by atoms with Crippen molar-refractivity contribution in [3.63, 3.8) is 0 Å². The molecule has 0 aliphatic heterocycles. The number of benzene rings is 2. The summed E-state index contributed by atoms with van der Waals surface area (Å²) in [5, 5.41) is 1.04. The Labute approximate surface area is 136 Å². The van der Waals surface area contributed by atoms with E-state index >= 15 is 0 Å². The number of hydrogen-bond acceptors (Lipinski definition) is 0. The summed E-state index contributed by atoms with van der Waals surface area (Å²) in [6.45, 7) is 2.06. The van der Waals surface area contributed by atoms with E-state index < -0.39 is 0 Å². The summed E-state index contributed by atoms with van der Waals surface area (Å²) >= 11 is 21.9. The van der Waals surface area contributed by atoms with E-state index in [9.17, 15) is 0 Å². The topological polar surface area (TPSA) is 0 Å². The Bertz CT molecular complexity index is 596. The van der Waals surface area contributed by atoms with Crippen LogP contribution >= 0.6 is 50.7 Å². The molecule has 4 heteroatoms. The van der Waals surface area contributed by atoms with Gasteiger partial charge in [0.1, 0.15) is 0 Å². The van der Waals surface area contributed by atoms with Gasteiger partial charge in [0, 0.05) is 4.47 Å². The Hall–Kier alpha value is -0.210. The normalized spacial score (nSPS) is 12.5. The lowest BCUT2D eigenvalue weighted by Gasteiger charge is -2.14. The van der Waals surface area contributed by atoms with Gasteiger partial charge in [-0.05, 0) is 54.3 Å².